The summed E-state index contributed by atoms with van der Waals surface area (Å²) in [4.78, 5) is 17.1. The van der Waals surface area contributed by atoms with Crippen LogP contribution in [0.15, 0.2) is 85.1 Å². The molecule has 1 fully saturated rings. The van der Waals surface area contributed by atoms with Crippen LogP contribution in [0.1, 0.15) is 43.0 Å². The third-order valence-corrected chi connectivity index (χ3v) is 6.28. The number of carbonyl (C=O) groups is 1. The van der Waals surface area contributed by atoms with Crippen molar-refractivity contribution in [1.29, 1.82) is 0 Å². The summed E-state index contributed by atoms with van der Waals surface area (Å²) in [6.07, 6.45) is 6.93. The molecule has 166 valence electrons. The third-order valence-electron chi connectivity index (χ3n) is 6.28. The zero-order valence-corrected chi connectivity index (χ0v) is 18.7. The van der Waals surface area contributed by atoms with Gasteiger partial charge in [0.15, 0.2) is 0 Å². The first kappa shape index (κ1) is 21.1. The number of rotatable bonds is 7. The lowest BCUT2D eigenvalue weighted by Gasteiger charge is -2.13. The number of carbonyl (C=O) groups excluding carboxylic acids is 1. The highest BCUT2D eigenvalue weighted by Gasteiger charge is 2.22. The summed E-state index contributed by atoms with van der Waals surface area (Å²) in [6, 6.07) is 26.9. The van der Waals surface area contributed by atoms with E-state index in [0.717, 1.165) is 41.1 Å². The van der Waals surface area contributed by atoms with Crippen molar-refractivity contribution in [3.63, 3.8) is 0 Å². The van der Waals surface area contributed by atoms with Gasteiger partial charge < -0.3 is 5.32 Å². The molecule has 0 atom stereocenters. The molecule has 33 heavy (non-hydrogen) atoms. The highest BCUT2D eigenvalue weighted by molar-refractivity contribution is 5.78. The van der Waals surface area contributed by atoms with Crippen molar-refractivity contribution < 1.29 is 4.79 Å². The van der Waals surface area contributed by atoms with Crippen LogP contribution in [0, 0.1) is 0 Å². The van der Waals surface area contributed by atoms with Crippen molar-refractivity contribution in [2.24, 2.45) is 0 Å². The lowest BCUT2D eigenvalue weighted by atomic mass is 10.0. The highest BCUT2D eigenvalue weighted by Crippen LogP contribution is 2.33. The molecule has 1 N–H and O–H groups in total. The Morgan fingerprint density at radius 1 is 0.909 bits per heavy atom. The molecule has 0 saturated heterocycles. The molecule has 5 rings (SSSR count). The molecule has 0 radical (unpaired) electrons. The minimum absolute atomic E-state index is 0.00253. The molecular weight excluding hydrogens is 408 g/mol. The molecule has 5 heteroatoms. The van der Waals surface area contributed by atoms with Crippen LogP contribution < -0.4 is 5.32 Å². The van der Waals surface area contributed by atoms with Gasteiger partial charge in [-0.1, -0.05) is 73.5 Å². The number of amides is 1. The van der Waals surface area contributed by atoms with Crippen LogP contribution in [-0.2, 0) is 17.8 Å². The van der Waals surface area contributed by atoms with Gasteiger partial charge in [0.05, 0.1) is 36.1 Å². The number of nitrogens with one attached hydrogen (secondary N) is 1. The normalized spacial score (nSPS) is 13.8. The highest BCUT2D eigenvalue weighted by atomic mass is 16.1. The molecule has 0 aliphatic heterocycles. The summed E-state index contributed by atoms with van der Waals surface area (Å²) in [5, 5.41) is 7.90. The van der Waals surface area contributed by atoms with Crippen LogP contribution in [0.5, 0.6) is 0 Å². The standard InChI is InChI=1S/C28H28N4O/c33-28(18-21-13-15-23(16-14-21)22-8-2-1-3-9-22)30-20-24-19-27(26-12-6-7-17-29-26)32(31-24)25-10-4-5-11-25/h1-3,6-9,12-17,19,25H,4-5,10-11,18,20H2,(H,30,33). The van der Waals surface area contributed by atoms with Crippen molar-refractivity contribution >= 4 is 5.91 Å². The van der Waals surface area contributed by atoms with E-state index in [1.165, 1.54) is 18.4 Å². The van der Waals surface area contributed by atoms with Gasteiger partial charge in [-0.15, -0.1) is 0 Å². The van der Waals surface area contributed by atoms with Gasteiger partial charge >= 0.3 is 0 Å². The van der Waals surface area contributed by atoms with E-state index in [4.69, 9.17) is 5.10 Å². The zero-order chi connectivity index (χ0) is 22.5. The first-order chi connectivity index (χ1) is 16.3. The van der Waals surface area contributed by atoms with E-state index in [0.29, 0.717) is 19.0 Å². The molecule has 0 spiro atoms. The second kappa shape index (κ2) is 9.82. The summed E-state index contributed by atoms with van der Waals surface area (Å²) in [5.74, 6) is -0.00253. The van der Waals surface area contributed by atoms with Crippen molar-refractivity contribution in [3.05, 3.63) is 96.3 Å². The van der Waals surface area contributed by atoms with Gasteiger partial charge in [-0.3, -0.25) is 14.5 Å². The van der Waals surface area contributed by atoms with Crippen LogP contribution in [0.2, 0.25) is 0 Å². The fourth-order valence-corrected chi connectivity index (χ4v) is 4.55. The second-order valence-electron chi connectivity index (χ2n) is 8.64. The fraction of sp³-hybridized carbons (Fsp3) is 0.250. The van der Waals surface area contributed by atoms with E-state index in [9.17, 15) is 4.79 Å². The minimum Gasteiger partial charge on any atom is -0.350 e. The quantitative estimate of drug-likeness (QED) is 0.411. The zero-order valence-electron chi connectivity index (χ0n) is 18.7. The van der Waals surface area contributed by atoms with E-state index in [1.807, 2.05) is 54.7 Å². The predicted octanol–water partition coefficient (Wildman–Crippen LogP) is 5.59. The molecule has 2 heterocycles. The molecule has 0 unspecified atom stereocenters. The number of pyridine rings is 1. The Kier molecular flexibility index (Phi) is 6.29. The van der Waals surface area contributed by atoms with Crippen molar-refractivity contribution in [2.45, 2.75) is 44.7 Å². The molecule has 1 saturated carbocycles. The lowest BCUT2D eigenvalue weighted by Crippen LogP contribution is -2.24. The topological polar surface area (TPSA) is 59.8 Å². The lowest BCUT2D eigenvalue weighted by molar-refractivity contribution is -0.120. The number of hydrogen-bond donors (Lipinski definition) is 1. The van der Waals surface area contributed by atoms with Gasteiger partial charge in [0, 0.05) is 6.20 Å². The number of aromatic nitrogens is 3. The smallest absolute Gasteiger partial charge is 0.224 e. The maximum atomic E-state index is 12.6. The molecule has 0 bridgehead atoms. The number of benzene rings is 2. The maximum Gasteiger partial charge on any atom is 0.224 e. The Balaban J connectivity index is 1.24. The number of nitrogens with zero attached hydrogens (tertiary/aromatic N) is 3. The van der Waals surface area contributed by atoms with Gasteiger partial charge in [0.2, 0.25) is 5.91 Å². The maximum absolute atomic E-state index is 12.6. The Morgan fingerprint density at radius 3 is 2.36 bits per heavy atom. The first-order valence-electron chi connectivity index (χ1n) is 11.7. The summed E-state index contributed by atoms with van der Waals surface area (Å²) >= 11 is 0. The minimum atomic E-state index is -0.00253. The van der Waals surface area contributed by atoms with E-state index in [-0.39, 0.29) is 5.91 Å². The molecule has 2 aromatic carbocycles. The average molecular weight is 437 g/mol. The third kappa shape index (κ3) is 5.03. The predicted molar refractivity (Wildman–Crippen MR) is 130 cm³/mol. The SMILES string of the molecule is O=C(Cc1ccc(-c2ccccc2)cc1)NCc1cc(-c2ccccn2)n(C2CCCC2)n1. The average Bonchev–Trinajstić information content (AvgIpc) is 3.55. The Morgan fingerprint density at radius 2 is 1.64 bits per heavy atom. The summed E-state index contributed by atoms with van der Waals surface area (Å²) in [5.41, 5.74) is 6.15. The van der Waals surface area contributed by atoms with Crippen LogP contribution in [0.3, 0.4) is 0 Å². The Hall–Kier alpha value is -3.73. The van der Waals surface area contributed by atoms with Gasteiger partial charge in [0.1, 0.15) is 0 Å². The van der Waals surface area contributed by atoms with E-state index in [2.05, 4.69) is 45.3 Å². The Labute approximate surface area is 194 Å². The van der Waals surface area contributed by atoms with Crippen LogP contribution in [-0.4, -0.2) is 20.7 Å². The van der Waals surface area contributed by atoms with Crippen LogP contribution in [0.4, 0.5) is 0 Å². The molecule has 2 aromatic heterocycles. The first-order valence-corrected chi connectivity index (χ1v) is 11.7. The van der Waals surface area contributed by atoms with Crippen molar-refractivity contribution in [1.82, 2.24) is 20.1 Å². The van der Waals surface area contributed by atoms with E-state index in [1.54, 1.807) is 0 Å². The summed E-state index contributed by atoms with van der Waals surface area (Å²) < 4.78 is 2.12. The van der Waals surface area contributed by atoms with Crippen LogP contribution in [0.25, 0.3) is 22.5 Å². The second-order valence-corrected chi connectivity index (χ2v) is 8.64. The largest absolute Gasteiger partial charge is 0.350 e. The van der Waals surface area contributed by atoms with Gasteiger partial charge in [0.25, 0.3) is 0 Å². The summed E-state index contributed by atoms with van der Waals surface area (Å²) in [7, 11) is 0. The van der Waals surface area contributed by atoms with E-state index >= 15 is 0 Å². The summed E-state index contributed by atoms with van der Waals surface area (Å²) in [6.45, 7) is 0.417. The molecule has 4 aromatic rings. The van der Waals surface area contributed by atoms with E-state index < -0.39 is 0 Å². The van der Waals surface area contributed by atoms with Crippen molar-refractivity contribution in [3.8, 4) is 22.5 Å². The molecule has 5 nitrogen and oxygen atoms in total. The monoisotopic (exact) mass is 436 g/mol. The molecule has 1 amide bonds. The van der Waals surface area contributed by atoms with Gasteiger partial charge in [-0.05, 0) is 47.7 Å². The van der Waals surface area contributed by atoms with Crippen LogP contribution >= 0.6 is 0 Å². The Bertz CT molecular complexity index is 1190. The number of hydrogen-bond acceptors (Lipinski definition) is 3. The van der Waals surface area contributed by atoms with Crippen molar-refractivity contribution in [2.75, 3.05) is 0 Å². The van der Waals surface area contributed by atoms with Gasteiger partial charge in [-0.2, -0.15) is 5.10 Å². The van der Waals surface area contributed by atoms with Gasteiger partial charge in [-0.25, -0.2) is 0 Å². The molecule has 1 aliphatic rings. The fourth-order valence-electron chi connectivity index (χ4n) is 4.55. The molecule has 1 aliphatic carbocycles. The molecular formula is C28H28N4O.